The molecule has 7 heteroatoms. The van der Waals surface area contributed by atoms with E-state index in [9.17, 15) is 4.79 Å². The highest BCUT2D eigenvalue weighted by Crippen LogP contribution is 2.27. The van der Waals surface area contributed by atoms with Crippen molar-refractivity contribution in [3.63, 3.8) is 0 Å². The summed E-state index contributed by atoms with van der Waals surface area (Å²) in [6.45, 7) is 6.92. The number of hydrogen-bond acceptors (Lipinski definition) is 5. The number of benzene rings is 1. The first-order valence-corrected chi connectivity index (χ1v) is 10.7. The molecule has 0 aliphatic carbocycles. The number of Topliss-reactive ketones (excluding diaryl/α,β-unsaturated/α-hetero) is 1. The van der Waals surface area contributed by atoms with Crippen molar-refractivity contribution >= 4 is 39.9 Å². The molecule has 0 spiro atoms. The molecule has 0 radical (unpaired) electrons. The normalized spacial score (nSPS) is 11.4. The van der Waals surface area contributed by atoms with Crippen molar-refractivity contribution in [2.75, 3.05) is 5.75 Å². The summed E-state index contributed by atoms with van der Waals surface area (Å²) in [6, 6.07) is 10.0. The van der Waals surface area contributed by atoms with Gasteiger partial charge in [-0.3, -0.25) is 9.36 Å². The number of nitrogens with zero attached hydrogens (tertiary/aromatic N) is 4. The zero-order valence-electron chi connectivity index (χ0n) is 15.5. The molecule has 0 aliphatic heterocycles. The third kappa shape index (κ3) is 3.21. The molecule has 0 N–H and O–H groups in total. The maximum atomic E-state index is 12.9. The summed E-state index contributed by atoms with van der Waals surface area (Å²) in [6.07, 6.45) is 1.78. The summed E-state index contributed by atoms with van der Waals surface area (Å²) >= 11 is 3.07. The number of fused-ring (bicyclic) bond motifs is 1. The Morgan fingerprint density at radius 1 is 1.26 bits per heavy atom. The number of ketones is 1. The lowest BCUT2D eigenvalue weighted by Crippen LogP contribution is -2.06. The van der Waals surface area contributed by atoms with Crippen LogP contribution in [0.3, 0.4) is 0 Å². The quantitative estimate of drug-likeness (QED) is 0.344. The molecular weight excluding hydrogens is 376 g/mol. The van der Waals surface area contributed by atoms with Crippen molar-refractivity contribution in [2.45, 2.75) is 32.5 Å². The molecule has 0 fully saturated rings. The lowest BCUT2D eigenvalue weighted by molar-refractivity contribution is 0.102. The van der Waals surface area contributed by atoms with E-state index in [4.69, 9.17) is 4.98 Å². The topological polar surface area (TPSA) is 52.7 Å². The van der Waals surface area contributed by atoms with Crippen LogP contribution < -0.4 is 0 Å². The van der Waals surface area contributed by atoms with Crippen LogP contribution in [-0.4, -0.2) is 30.6 Å². The average molecular weight is 397 g/mol. The first-order valence-electron chi connectivity index (χ1n) is 8.80. The number of carbonyl (C=O) groups is 1. The first kappa shape index (κ1) is 18.0. The Balaban J connectivity index is 1.58. The Labute approximate surface area is 166 Å². The molecule has 5 nitrogen and oxygen atoms in total. The second-order valence-electron chi connectivity index (χ2n) is 6.27. The molecule has 0 bridgehead atoms. The standard InChI is InChI=1S/C20H20N4OS2/c1-4-23-17-8-6-5-7-16(17)22-20(23)27-12-18(25)15-11-13(2)24(14(15)3)19-21-9-10-26-19/h5-11H,4,12H2,1-3H3. The van der Waals surface area contributed by atoms with E-state index in [1.165, 1.54) is 11.8 Å². The Hall–Kier alpha value is -2.38. The SMILES string of the molecule is CCn1c(SCC(=O)c2cc(C)n(-c3nccs3)c2C)nc2ccccc21. The molecule has 1 aromatic carbocycles. The van der Waals surface area contributed by atoms with Gasteiger partial charge in [0.15, 0.2) is 16.1 Å². The summed E-state index contributed by atoms with van der Waals surface area (Å²) in [7, 11) is 0. The van der Waals surface area contributed by atoms with Gasteiger partial charge < -0.3 is 4.57 Å². The molecule has 0 unspecified atom stereocenters. The third-order valence-electron chi connectivity index (χ3n) is 4.61. The van der Waals surface area contributed by atoms with Crippen LogP contribution >= 0.6 is 23.1 Å². The fraction of sp³-hybridized carbons (Fsp3) is 0.250. The molecule has 0 amide bonds. The predicted octanol–water partition coefficient (Wildman–Crippen LogP) is 4.90. The van der Waals surface area contributed by atoms with Gasteiger partial charge in [-0.25, -0.2) is 9.97 Å². The smallest absolute Gasteiger partial charge is 0.193 e. The van der Waals surface area contributed by atoms with Crippen LogP contribution in [0.15, 0.2) is 47.1 Å². The van der Waals surface area contributed by atoms with Gasteiger partial charge in [-0.15, -0.1) is 11.3 Å². The minimum Gasteiger partial charge on any atom is -0.319 e. The number of rotatable bonds is 6. The van der Waals surface area contributed by atoms with E-state index >= 15 is 0 Å². The number of aromatic nitrogens is 4. The Bertz CT molecular complexity index is 1110. The average Bonchev–Trinajstić information content (AvgIpc) is 3.37. The van der Waals surface area contributed by atoms with Crippen molar-refractivity contribution in [2.24, 2.45) is 0 Å². The highest BCUT2D eigenvalue weighted by atomic mass is 32.2. The number of aryl methyl sites for hydroxylation is 2. The van der Waals surface area contributed by atoms with E-state index in [1.807, 2.05) is 48.1 Å². The number of carbonyl (C=O) groups excluding carboxylic acids is 1. The summed E-state index contributed by atoms with van der Waals surface area (Å²) < 4.78 is 4.20. The van der Waals surface area contributed by atoms with E-state index in [-0.39, 0.29) is 5.78 Å². The van der Waals surface area contributed by atoms with Gasteiger partial charge in [0.2, 0.25) is 0 Å². The molecule has 0 atom stereocenters. The molecule has 4 rings (SSSR count). The maximum Gasteiger partial charge on any atom is 0.193 e. The Kier molecular flexibility index (Phi) is 4.88. The zero-order valence-corrected chi connectivity index (χ0v) is 17.1. The fourth-order valence-electron chi connectivity index (χ4n) is 3.34. The maximum absolute atomic E-state index is 12.9. The number of para-hydroxylation sites is 2. The largest absolute Gasteiger partial charge is 0.319 e. The monoisotopic (exact) mass is 396 g/mol. The van der Waals surface area contributed by atoms with Gasteiger partial charge in [0.05, 0.1) is 16.8 Å². The van der Waals surface area contributed by atoms with Gasteiger partial charge >= 0.3 is 0 Å². The van der Waals surface area contributed by atoms with E-state index in [1.54, 1.807) is 17.5 Å². The fourth-order valence-corrected chi connectivity index (χ4v) is 5.06. The minimum absolute atomic E-state index is 0.116. The van der Waals surface area contributed by atoms with Gasteiger partial charge in [0.1, 0.15) is 0 Å². The summed E-state index contributed by atoms with van der Waals surface area (Å²) in [4.78, 5) is 22.0. The minimum atomic E-state index is 0.116. The highest BCUT2D eigenvalue weighted by Gasteiger charge is 2.19. The molecular formula is C20H20N4OS2. The number of hydrogen-bond donors (Lipinski definition) is 0. The number of thioether (sulfide) groups is 1. The zero-order chi connectivity index (χ0) is 19.0. The van der Waals surface area contributed by atoms with Gasteiger partial charge in [-0.2, -0.15) is 0 Å². The van der Waals surface area contributed by atoms with Gasteiger partial charge in [0.25, 0.3) is 0 Å². The number of imidazole rings is 1. The summed E-state index contributed by atoms with van der Waals surface area (Å²) in [5, 5.41) is 3.73. The van der Waals surface area contributed by atoms with Crippen LogP contribution in [-0.2, 0) is 6.54 Å². The van der Waals surface area contributed by atoms with Crippen LogP contribution in [0.2, 0.25) is 0 Å². The molecule has 4 aromatic rings. The van der Waals surface area contributed by atoms with E-state index in [2.05, 4.69) is 22.5 Å². The predicted molar refractivity (Wildman–Crippen MR) is 111 cm³/mol. The molecule has 0 saturated carbocycles. The molecule has 0 aliphatic rings. The van der Waals surface area contributed by atoms with Crippen LogP contribution in [0.5, 0.6) is 0 Å². The van der Waals surface area contributed by atoms with E-state index in [0.29, 0.717) is 5.75 Å². The van der Waals surface area contributed by atoms with E-state index < -0.39 is 0 Å². The molecule has 138 valence electrons. The Morgan fingerprint density at radius 3 is 2.81 bits per heavy atom. The van der Waals surface area contributed by atoms with Crippen LogP contribution in [0, 0.1) is 13.8 Å². The molecule has 0 saturated heterocycles. The second kappa shape index (κ2) is 7.32. The summed E-state index contributed by atoms with van der Waals surface area (Å²) in [5.41, 5.74) is 4.80. The third-order valence-corrected chi connectivity index (χ3v) is 6.34. The molecule has 3 aromatic heterocycles. The van der Waals surface area contributed by atoms with Crippen molar-refractivity contribution in [1.29, 1.82) is 0 Å². The summed E-state index contributed by atoms with van der Waals surface area (Å²) in [5.74, 6) is 0.483. The Morgan fingerprint density at radius 2 is 2.07 bits per heavy atom. The highest BCUT2D eigenvalue weighted by molar-refractivity contribution is 7.99. The van der Waals surface area contributed by atoms with Gasteiger partial charge in [-0.1, -0.05) is 23.9 Å². The number of thiazole rings is 1. The van der Waals surface area contributed by atoms with Crippen molar-refractivity contribution in [3.8, 4) is 5.13 Å². The molecule has 27 heavy (non-hydrogen) atoms. The first-order chi connectivity index (χ1) is 13.1. The van der Waals surface area contributed by atoms with E-state index in [0.717, 1.165) is 44.8 Å². The van der Waals surface area contributed by atoms with Crippen LogP contribution in [0.25, 0.3) is 16.2 Å². The molecule has 3 heterocycles. The van der Waals surface area contributed by atoms with Gasteiger partial charge in [0, 0.05) is 35.1 Å². The lowest BCUT2D eigenvalue weighted by Gasteiger charge is -2.06. The second-order valence-corrected chi connectivity index (χ2v) is 8.09. The van der Waals surface area contributed by atoms with Crippen LogP contribution in [0.1, 0.15) is 28.7 Å². The van der Waals surface area contributed by atoms with Crippen molar-refractivity contribution in [3.05, 3.63) is 58.9 Å². The van der Waals surface area contributed by atoms with Crippen molar-refractivity contribution in [1.82, 2.24) is 19.1 Å². The van der Waals surface area contributed by atoms with Gasteiger partial charge in [-0.05, 0) is 39.0 Å². The van der Waals surface area contributed by atoms with Crippen molar-refractivity contribution < 1.29 is 4.79 Å². The van der Waals surface area contributed by atoms with Crippen LogP contribution in [0.4, 0.5) is 0 Å². The lowest BCUT2D eigenvalue weighted by atomic mass is 10.2.